The third kappa shape index (κ3) is 2.85. The van der Waals surface area contributed by atoms with Crippen LogP contribution in [0.3, 0.4) is 0 Å². The maximum atomic E-state index is 5.77. The molecule has 0 amide bonds. The Morgan fingerprint density at radius 1 is 1.05 bits per heavy atom. The van der Waals surface area contributed by atoms with Crippen LogP contribution in [-0.2, 0) is 6.54 Å². The van der Waals surface area contributed by atoms with Gasteiger partial charge < -0.3 is 10.3 Å². The van der Waals surface area contributed by atoms with Gasteiger partial charge in [-0.15, -0.1) is 0 Å². The number of nitrogen functional groups attached to an aromatic ring is 1. The molecule has 1 aromatic carbocycles. The van der Waals surface area contributed by atoms with Crippen LogP contribution in [0, 0.1) is 6.92 Å². The van der Waals surface area contributed by atoms with Gasteiger partial charge in [-0.2, -0.15) is 0 Å². The fourth-order valence-corrected chi connectivity index (χ4v) is 2.90. The highest BCUT2D eigenvalue weighted by molar-refractivity contribution is 9.10. The molecule has 3 aromatic rings. The van der Waals surface area contributed by atoms with Crippen LogP contribution in [0.4, 0.5) is 5.82 Å². The van der Waals surface area contributed by atoms with Gasteiger partial charge in [-0.3, -0.25) is 0 Å². The lowest BCUT2D eigenvalue weighted by Crippen LogP contribution is -2.05. The number of rotatable bonds is 3. The molecule has 0 aliphatic heterocycles. The van der Waals surface area contributed by atoms with Gasteiger partial charge in [0.1, 0.15) is 5.82 Å². The van der Waals surface area contributed by atoms with E-state index in [1.165, 1.54) is 16.8 Å². The van der Waals surface area contributed by atoms with E-state index in [4.69, 9.17) is 5.73 Å². The fraction of sp³-hybridized carbons (Fsp3) is 0.118. The van der Waals surface area contributed by atoms with Crippen LogP contribution in [0.1, 0.15) is 11.3 Å². The third-order valence-electron chi connectivity index (χ3n) is 3.50. The number of nitrogens with zero attached hydrogens (tertiary/aromatic N) is 2. The zero-order valence-electron chi connectivity index (χ0n) is 11.8. The van der Waals surface area contributed by atoms with E-state index in [-0.39, 0.29) is 0 Å². The van der Waals surface area contributed by atoms with E-state index in [1.807, 2.05) is 12.1 Å². The van der Waals surface area contributed by atoms with Crippen LogP contribution >= 0.6 is 15.9 Å². The van der Waals surface area contributed by atoms with E-state index in [0.29, 0.717) is 12.4 Å². The molecule has 0 spiro atoms. The van der Waals surface area contributed by atoms with Crippen LogP contribution in [0.2, 0.25) is 0 Å². The van der Waals surface area contributed by atoms with Gasteiger partial charge >= 0.3 is 0 Å². The van der Waals surface area contributed by atoms with Crippen molar-refractivity contribution >= 4 is 21.7 Å². The smallest absolute Gasteiger partial charge is 0.123 e. The standard InChI is InChI=1S/C17H16BrN3/c1-12-5-2-3-7-14(12)15-9-10-16(18)21(15)11-13-6-4-8-17(19)20-13/h2-10H,11H2,1H3,(H2,19,20). The Hall–Kier alpha value is -2.07. The number of hydrogen-bond donors (Lipinski definition) is 1. The quantitative estimate of drug-likeness (QED) is 0.773. The highest BCUT2D eigenvalue weighted by Crippen LogP contribution is 2.28. The third-order valence-corrected chi connectivity index (χ3v) is 4.19. The summed E-state index contributed by atoms with van der Waals surface area (Å²) in [6.07, 6.45) is 0. The topological polar surface area (TPSA) is 43.8 Å². The van der Waals surface area contributed by atoms with E-state index >= 15 is 0 Å². The Morgan fingerprint density at radius 3 is 2.62 bits per heavy atom. The van der Waals surface area contributed by atoms with Crippen molar-refractivity contribution in [3.05, 3.63) is 70.5 Å². The number of hydrogen-bond acceptors (Lipinski definition) is 2. The van der Waals surface area contributed by atoms with E-state index in [1.54, 1.807) is 6.07 Å². The molecule has 0 aliphatic rings. The SMILES string of the molecule is Cc1ccccc1-c1ccc(Br)n1Cc1cccc(N)n1. The summed E-state index contributed by atoms with van der Waals surface area (Å²) in [6, 6.07) is 18.3. The van der Waals surface area contributed by atoms with Gasteiger partial charge in [0.15, 0.2) is 0 Å². The summed E-state index contributed by atoms with van der Waals surface area (Å²) in [6.45, 7) is 2.81. The Labute approximate surface area is 132 Å². The summed E-state index contributed by atoms with van der Waals surface area (Å²) in [5.74, 6) is 0.549. The number of anilines is 1. The average molecular weight is 342 g/mol. The van der Waals surface area contributed by atoms with Gasteiger partial charge in [0.25, 0.3) is 0 Å². The predicted molar refractivity (Wildman–Crippen MR) is 90.1 cm³/mol. The number of aryl methyl sites for hydroxylation is 1. The fourth-order valence-electron chi connectivity index (χ4n) is 2.45. The highest BCUT2D eigenvalue weighted by atomic mass is 79.9. The van der Waals surface area contributed by atoms with Crippen molar-refractivity contribution in [1.29, 1.82) is 0 Å². The first kappa shape index (κ1) is 13.9. The first-order chi connectivity index (χ1) is 10.1. The Morgan fingerprint density at radius 2 is 1.86 bits per heavy atom. The molecule has 0 saturated carbocycles. The molecule has 3 nitrogen and oxygen atoms in total. The summed E-state index contributed by atoms with van der Waals surface area (Å²) >= 11 is 3.62. The minimum atomic E-state index is 0.549. The van der Waals surface area contributed by atoms with E-state index in [9.17, 15) is 0 Å². The van der Waals surface area contributed by atoms with Crippen LogP contribution in [0.5, 0.6) is 0 Å². The average Bonchev–Trinajstić information content (AvgIpc) is 2.81. The largest absolute Gasteiger partial charge is 0.384 e. The van der Waals surface area contributed by atoms with Gasteiger partial charge in [-0.1, -0.05) is 30.3 Å². The maximum Gasteiger partial charge on any atom is 0.123 e. The highest BCUT2D eigenvalue weighted by Gasteiger charge is 2.11. The molecule has 2 aromatic heterocycles. The molecule has 0 saturated heterocycles. The molecule has 0 radical (unpaired) electrons. The maximum absolute atomic E-state index is 5.77. The summed E-state index contributed by atoms with van der Waals surface area (Å²) < 4.78 is 3.23. The molecule has 2 heterocycles. The summed E-state index contributed by atoms with van der Waals surface area (Å²) in [4.78, 5) is 4.38. The van der Waals surface area contributed by atoms with Crippen molar-refractivity contribution in [3.63, 3.8) is 0 Å². The first-order valence-electron chi connectivity index (χ1n) is 6.77. The molecule has 0 bridgehead atoms. The van der Waals surface area contributed by atoms with E-state index in [0.717, 1.165) is 10.3 Å². The summed E-state index contributed by atoms with van der Waals surface area (Å²) in [5.41, 5.74) is 10.4. The Kier molecular flexibility index (Phi) is 3.80. The minimum absolute atomic E-state index is 0.549. The van der Waals surface area contributed by atoms with Crippen molar-refractivity contribution in [2.24, 2.45) is 0 Å². The molecule has 21 heavy (non-hydrogen) atoms. The second-order valence-corrected chi connectivity index (χ2v) is 5.81. The van der Waals surface area contributed by atoms with E-state index in [2.05, 4.69) is 68.8 Å². The second kappa shape index (κ2) is 5.74. The molecule has 4 heteroatoms. The molecule has 106 valence electrons. The zero-order chi connectivity index (χ0) is 14.8. The zero-order valence-corrected chi connectivity index (χ0v) is 13.3. The van der Waals surface area contributed by atoms with Crippen molar-refractivity contribution in [2.45, 2.75) is 13.5 Å². The molecular formula is C17H16BrN3. The first-order valence-corrected chi connectivity index (χ1v) is 7.57. The van der Waals surface area contributed by atoms with Crippen LogP contribution in [-0.4, -0.2) is 9.55 Å². The number of benzene rings is 1. The van der Waals surface area contributed by atoms with Gasteiger partial charge in [-0.05, 0) is 52.7 Å². The monoisotopic (exact) mass is 341 g/mol. The Bertz CT molecular complexity index is 777. The molecule has 0 aliphatic carbocycles. The van der Waals surface area contributed by atoms with Gasteiger partial charge in [0, 0.05) is 11.3 Å². The minimum Gasteiger partial charge on any atom is -0.384 e. The van der Waals surface area contributed by atoms with Gasteiger partial charge in [-0.25, -0.2) is 4.98 Å². The van der Waals surface area contributed by atoms with Crippen LogP contribution < -0.4 is 5.73 Å². The van der Waals surface area contributed by atoms with Crippen LogP contribution in [0.15, 0.2) is 59.2 Å². The number of pyridine rings is 1. The van der Waals surface area contributed by atoms with Crippen molar-refractivity contribution in [3.8, 4) is 11.3 Å². The molecule has 0 atom stereocenters. The van der Waals surface area contributed by atoms with Crippen molar-refractivity contribution < 1.29 is 0 Å². The van der Waals surface area contributed by atoms with Crippen molar-refractivity contribution in [1.82, 2.24) is 9.55 Å². The molecule has 2 N–H and O–H groups in total. The second-order valence-electron chi connectivity index (χ2n) is 5.00. The Balaban J connectivity index is 2.04. The lowest BCUT2D eigenvalue weighted by atomic mass is 10.1. The number of halogens is 1. The molecule has 3 rings (SSSR count). The predicted octanol–water partition coefficient (Wildman–Crippen LogP) is 4.25. The van der Waals surface area contributed by atoms with Gasteiger partial charge in [0.05, 0.1) is 16.8 Å². The molecule has 0 fully saturated rings. The normalized spacial score (nSPS) is 10.8. The van der Waals surface area contributed by atoms with Gasteiger partial charge in [0.2, 0.25) is 0 Å². The van der Waals surface area contributed by atoms with E-state index < -0.39 is 0 Å². The molecule has 0 unspecified atom stereocenters. The summed E-state index contributed by atoms with van der Waals surface area (Å²) in [7, 11) is 0. The van der Waals surface area contributed by atoms with Crippen molar-refractivity contribution in [2.75, 3.05) is 5.73 Å². The number of aromatic nitrogens is 2. The lowest BCUT2D eigenvalue weighted by Gasteiger charge is -2.13. The lowest BCUT2D eigenvalue weighted by molar-refractivity contribution is 0.772. The van der Waals surface area contributed by atoms with Crippen LogP contribution in [0.25, 0.3) is 11.3 Å². The summed E-state index contributed by atoms with van der Waals surface area (Å²) in [5, 5.41) is 0. The molecular weight excluding hydrogens is 326 g/mol. The number of nitrogens with two attached hydrogens (primary N) is 1.